The van der Waals surface area contributed by atoms with Gasteiger partial charge < -0.3 is 4.42 Å². The van der Waals surface area contributed by atoms with E-state index >= 15 is 0 Å². The first-order valence-corrected chi connectivity index (χ1v) is 3.01. The van der Waals surface area contributed by atoms with Crippen LogP contribution < -0.4 is 0 Å². The monoisotopic (exact) mass is 122 g/mol. The van der Waals surface area contributed by atoms with Gasteiger partial charge in [-0.05, 0) is 19.9 Å². The van der Waals surface area contributed by atoms with E-state index in [0.29, 0.717) is 0 Å². The van der Waals surface area contributed by atoms with Crippen molar-refractivity contribution in [3.8, 4) is 0 Å². The van der Waals surface area contributed by atoms with E-state index in [1.54, 1.807) is 6.26 Å². The largest absolute Gasteiger partial charge is 0.469 e. The van der Waals surface area contributed by atoms with Gasteiger partial charge in [-0.25, -0.2) is 0 Å². The standard InChI is InChI=1S/C8H10O/c1-3-4-8-5-6-9-7(8)2/h3-6H,1-2H3/b4-3-. The van der Waals surface area contributed by atoms with Gasteiger partial charge in [0.2, 0.25) is 0 Å². The molecule has 1 heteroatoms. The van der Waals surface area contributed by atoms with Gasteiger partial charge >= 0.3 is 0 Å². The lowest BCUT2D eigenvalue weighted by atomic mass is 10.2. The molecule has 9 heavy (non-hydrogen) atoms. The molecule has 48 valence electrons. The summed E-state index contributed by atoms with van der Waals surface area (Å²) in [5.74, 6) is 0.980. The maximum absolute atomic E-state index is 5.07. The van der Waals surface area contributed by atoms with Crippen molar-refractivity contribution in [3.63, 3.8) is 0 Å². The predicted molar refractivity (Wildman–Crippen MR) is 38.2 cm³/mol. The number of rotatable bonds is 1. The summed E-state index contributed by atoms with van der Waals surface area (Å²) >= 11 is 0. The third-order valence-corrected chi connectivity index (χ3v) is 1.25. The van der Waals surface area contributed by atoms with Crippen LogP contribution in [0, 0.1) is 6.92 Å². The molecule has 0 aliphatic rings. The molecule has 1 aromatic rings. The molecule has 1 aromatic heterocycles. The lowest BCUT2D eigenvalue weighted by Gasteiger charge is -1.83. The summed E-state index contributed by atoms with van der Waals surface area (Å²) in [4.78, 5) is 0. The molecule has 0 aliphatic carbocycles. The molecule has 0 saturated carbocycles. The van der Waals surface area contributed by atoms with Crippen molar-refractivity contribution < 1.29 is 4.42 Å². The van der Waals surface area contributed by atoms with Crippen molar-refractivity contribution >= 4 is 6.08 Å². The van der Waals surface area contributed by atoms with Gasteiger partial charge in [-0.15, -0.1) is 0 Å². The summed E-state index contributed by atoms with van der Waals surface area (Å²) in [5, 5.41) is 0. The van der Waals surface area contributed by atoms with E-state index in [1.807, 2.05) is 32.1 Å². The molecule has 0 aromatic carbocycles. The molecular weight excluding hydrogens is 112 g/mol. The normalized spacial score (nSPS) is 10.9. The topological polar surface area (TPSA) is 13.1 Å². The summed E-state index contributed by atoms with van der Waals surface area (Å²) in [6.07, 6.45) is 5.72. The summed E-state index contributed by atoms with van der Waals surface area (Å²) in [5.41, 5.74) is 1.16. The average molecular weight is 122 g/mol. The van der Waals surface area contributed by atoms with E-state index in [9.17, 15) is 0 Å². The van der Waals surface area contributed by atoms with Crippen LogP contribution in [0.1, 0.15) is 18.2 Å². The number of hydrogen-bond donors (Lipinski definition) is 0. The molecule has 0 spiro atoms. The molecule has 0 saturated heterocycles. The van der Waals surface area contributed by atoms with Crippen LogP contribution in [0.25, 0.3) is 6.08 Å². The van der Waals surface area contributed by atoms with Crippen LogP contribution in [0.3, 0.4) is 0 Å². The Morgan fingerprint density at radius 2 is 2.33 bits per heavy atom. The fourth-order valence-electron chi connectivity index (χ4n) is 0.747. The van der Waals surface area contributed by atoms with Crippen molar-refractivity contribution in [2.24, 2.45) is 0 Å². The highest BCUT2D eigenvalue weighted by Crippen LogP contribution is 2.09. The summed E-state index contributed by atoms with van der Waals surface area (Å²) in [7, 11) is 0. The molecule has 0 fully saturated rings. The van der Waals surface area contributed by atoms with E-state index in [2.05, 4.69) is 0 Å². The Balaban J connectivity index is 2.94. The van der Waals surface area contributed by atoms with Crippen LogP contribution in [-0.2, 0) is 0 Å². The van der Waals surface area contributed by atoms with E-state index in [-0.39, 0.29) is 0 Å². The molecular formula is C8H10O. The van der Waals surface area contributed by atoms with Gasteiger partial charge in [0.15, 0.2) is 0 Å². The first kappa shape index (κ1) is 6.14. The highest BCUT2D eigenvalue weighted by atomic mass is 16.3. The van der Waals surface area contributed by atoms with Gasteiger partial charge in [-0.2, -0.15) is 0 Å². The molecule has 0 amide bonds. The Hall–Kier alpha value is -0.980. The van der Waals surface area contributed by atoms with E-state index in [0.717, 1.165) is 11.3 Å². The number of hydrogen-bond acceptors (Lipinski definition) is 1. The summed E-state index contributed by atoms with van der Waals surface area (Å²) < 4.78 is 5.07. The van der Waals surface area contributed by atoms with Crippen molar-refractivity contribution in [2.45, 2.75) is 13.8 Å². The molecule has 0 radical (unpaired) electrons. The van der Waals surface area contributed by atoms with E-state index < -0.39 is 0 Å². The molecule has 0 unspecified atom stereocenters. The minimum absolute atomic E-state index is 0.980. The lowest BCUT2D eigenvalue weighted by Crippen LogP contribution is -1.66. The van der Waals surface area contributed by atoms with Crippen LogP contribution in [0.2, 0.25) is 0 Å². The zero-order valence-corrected chi connectivity index (χ0v) is 5.72. The van der Waals surface area contributed by atoms with Crippen molar-refractivity contribution in [2.75, 3.05) is 0 Å². The van der Waals surface area contributed by atoms with Crippen molar-refractivity contribution in [1.82, 2.24) is 0 Å². The van der Waals surface area contributed by atoms with Crippen molar-refractivity contribution in [3.05, 3.63) is 29.7 Å². The maximum Gasteiger partial charge on any atom is 0.107 e. The quantitative estimate of drug-likeness (QED) is 0.558. The van der Waals surface area contributed by atoms with Crippen LogP contribution in [0.5, 0.6) is 0 Å². The number of aryl methyl sites for hydroxylation is 1. The Bertz CT molecular complexity index is 208. The van der Waals surface area contributed by atoms with Crippen molar-refractivity contribution in [1.29, 1.82) is 0 Å². The molecule has 1 nitrogen and oxygen atoms in total. The molecule has 0 bridgehead atoms. The van der Waals surface area contributed by atoms with Crippen LogP contribution in [-0.4, -0.2) is 0 Å². The Kier molecular flexibility index (Phi) is 1.73. The lowest BCUT2D eigenvalue weighted by molar-refractivity contribution is 0.533. The first-order valence-electron chi connectivity index (χ1n) is 3.01. The second-order valence-corrected chi connectivity index (χ2v) is 1.93. The third-order valence-electron chi connectivity index (χ3n) is 1.25. The molecule has 1 rings (SSSR count). The van der Waals surface area contributed by atoms with Crippen LogP contribution in [0.4, 0.5) is 0 Å². The first-order chi connectivity index (χ1) is 4.34. The highest BCUT2D eigenvalue weighted by Gasteiger charge is 1.92. The van der Waals surface area contributed by atoms with Crippen LogP contribution in [0.15, 0.2) is 22.8 Å². The van der Waals surface area contributed by atoms with Crippen LogP contribution >= 0.6 is 0 Å². The zero-order chi connectivity index (χ0) is 6.69. The second kappa shape index (κ2) is 2.53. The van der Waals surface area contributed by atoms with Gasteiger partial charge in [-0.1, -0.05) is 12.2 Å². The third kappa shape index (κ3) is 1.22. The fraction of sp³-hybridized carbons (Fsp3) is 0.250. The fourth-order valence-corrected chi connectivity index (χ4v) is 0.747. The van der Waals surface area contributed by atoms with Gasteiger partial charge in [0.05, 0.1) is 6.26 Å². The maximum atomic E-state index is 5.07. The zero-order valence-electron chi connectivity index (χ0n) is 5.72. The van der Waals surface area contributed by atoms with E-state index in [4.69, 9.17) is 4.42 Å². The Labute approximate surface area is 55.0 Å². The van der Waals surface area contributed by atoms with Gasteiger partial charge in [0, 0.05) is 5.56 Å². The predicted octanol–water partition coefficient (Wildman–Crippen LogP) is 2.62. The summed E-state index contributed by atoms with van der Waals surface area (Å²) in [6.45, 7) is 3.95. The Morgan fingerprint density at radius 1 is 1.56 bits per heavy atom. The molecule has 0 atom stereocenters. The second-order valence-electron chi connectivity index (χ2n) is 1.93. The smallest absolute Gasteiger partial charge is 0.107 e. The minimum Gasteiger partial charge on any atom is -0.469 e. The Morgan fingerprint density at radius 3 is 2.78 bits per heavy atom. The SMILES string of the molecule is C/C=C\c1ccoc1C. The molecule has 0 N–H and O–H groups in total. The summed E-state index contributed by atoms with van der Waals surface area (Å²) in [6, 6.07) is 1.95. The molecule has 0 aliphatic heterocycles. The number of allylic oxidation sites excluding steroid dienone is 1. The highest BCUT2D eigenvalue weighted by molar-refractivity contribution is 5.49. The minimum atomic E-state index is 0.980. The average Bonchev–Trinajstić information content (AvgIpc) is 2.18. The van der Waals surface area contributed by atoms with Gasteiger partial charge in [-0.3, -0.25) is 0 Å². The van der Waals surface area contributed by atoms with Gasteiger partial charge in [0.1, 0.15) is 5.76 Å². The molecule has 1 heterocycles. The van der Waals surface area contributed by atoms with Gasteiger partial charge in [0.25, 0.3) is 0 Å². The van der Waals surface area contributed by atoms with E-state index in [1.165, 1.54) is 0 Å². The number of furan rings is 1.